The monoisotopic (exact) mass is 448 g/mol. The number of hydrogen-bond donors (Lipinski definition) is 0. The molecule has 0 atom stereocenters. The zero-order valence-corrected chi connectivity index (χ0v) is 17.5. The molecule has 0 fully saturated rings. The molecular formula is C22H22AsBF4. The first-order chi connectivity index (χ1) is 13.2. The van der Waals surface area contributed by atoms with Crippen molar-refractivity contribution in [3.63, 3.8) is 0 Å². The molecule has 0 N–H and O–H groups in total. The molecule has 0 amide bonds. The zero-order valence-electron chi connectivity index (χ0n) is 15.6. The third kappa shape index (κ3) is 6.13. The normalized spacial score (nSPS) is 11.3. The Hall–Kier alpha value is -2.26. The van der Waals surface area contributed by atoms with Crippen LogP contribution in [-0.2, 0) is 0 Å². The summed E-state index contributed by atoms with van der Waals surface area (Å²) >= 11 is -2.53. The smallest absolute Gasteiger partial charge is 0.418 e. The van der Waals surface area contributed by atoms with Crippen LogP contribution in [-0.4, -0.2) is 20.8 Å². The van der Waals surface area contributed by atoms with E-state index in [-0.39, 0.29) is 0 Å². The number of rotatable bonds is 5. The number of hydrogen-bond acceptors (Lipinski definition) is 0. The van der Waals surface area contributed by atoms with E-state index in [9.17, 15) is 17.3 Å². The van der Waals surface area contributed by atoms with Gasteiger partial charge in [0.25, 0.3) is 0 Å². The third-order valence-electron chi connectivity index (χ3n) is 4.10. The van der Waals surface area contributed by atoms with E-state index in [1.54, 1.807) is 0 Å². The Morgan fingerprint density at radius 1 is 0.679 bits per heavy atom. The van der Waals surface area contributed by atoms with Gasteiger partial charge in [-0.15, -0.1) is 0 Å². The van der Waals surface area contributed by atoms with Gasteiger partial charge < -0.3 is 17.3 Å². The van der Waals surface area contributed by atoms with Crippen molar-refractivity contribution < 1.29 is 17.3 Å². The zero-order chi connectivity index (χ0) is 20.6. The van der Waals surface area contributed by atoms with E-state index in [1.807, 2.05) is 0 Å². The van der Waals surface area contributed by atoms with Crippen LogP contribution in [0.5, 0.6) is 0 Å². The number of allylic oxidation sites excluding steroid dienone is 1. The van der Waals surface area contributed by atoms with Crippen molar-refractivity contribution in [3.8, 4) is 0 Å². The molecule has 0 saturated carbocycles. The van der Waals surface area contributed by atoms with Gasteiger partial charge in [-0.3, -0.25) is 0 Å². The van der Waals surface area contributed by atoms with Gasteiger partial charge in [-0.05, 0) is 0 Å². The van der Waals surface area contributed by atoms with Crippen molar-refractivity contribution in [2.45, 2.75) is 12.1 Å². The maximum Gasteiger partial charge on any atom is 0.673 e. The molecular weight excluding hydrogens is 426 g/mol. The summed E-state index contributed by atoms with van der Waals surface area (Å²) in [4.78, 5) is 0. The molecule has 0 aliphatic heterocycles. The molecule has 0 unspecified atom stereocenters. The van der Waals surface area contributed by atoms with E-state index < -0.39 is 20.8 Å². The molecule has 0 nitrogen and oxygen atoms in total. The number of halogens is 4. The Labute approximate surface area is 166 Å². The van der Waals surface area contributed by atoms with Crippen LogP contribution < -0.4 is 13.1 Å². The summed E-state index contributed by atoms with van der Waals surface area (Å²) in [6, 6.07) is 33.1. The minimum absolute atomic E-state index is 1.07. The van der Waals surface area contributed by atoms with E-state index >= 15 is 0 Å². The van der Waals surface area contributed by atoms with Crippen LogP contribution in [0.3, 0.4) is 0 Å². The van der Waals surface area contributed by atoms with Gasteiger partial charge in [-0.2, -0.15) is 0 Å². The fourth-order valence-corrected chi connectivity index (χ4v) is 12.2. The Morgan fingerprint density at radius 2 is 0.929 bits per heavy atom. The molecule has 3 aromatic carbocycles. The van der Waals surface area contributed by atoms with Crippen LogP contribution in [0.2, 0.25) is 5.21 Å². The van der Waals surface area contributed by atoms with E-state index in [2.05, 4.69) is 104 Å². The summed E-state index contributed by atoms with van der Waals surface area (Å²) in [5.74, 6) is 0. The second-order valence-electron chi connectivity index (χ2n) is 6.43. The molecule has 0 aliphatic rings. The largest absolute Gasteiger partial charge is 0.673 e. The minimum Gasteiger partial charge on any atom is -0.418 e. The average molecular weight is 448 g/mol. The first-order valence-electron chi connectivity index (χ1n) is 8.80. The van der Waals surface area contributed by atoms with Gasteiger partial charge in [0.05, 0.1) is 0 Å². The molecule has 0 bridgehead atoms. The maximum atomic E-state index is 9.75. The Morgan fingerprint density at radius 3 is 1.14 bits per heavy atom. The van der Waals surface area contributed by atoms with Crippen LogP contribution in [0.1, 0.15) is 6.92 Å². The first kappa shape index (κ1) is 22.0. The third-order valence-corrected chi connectivity index (χ3v) is 13.7. The fourth-order valence-electron chi connectivity index (χ4n) is 3.17. The van der Waals surface area contributed by atoms with E-state index in [0.717, 1.165) is 5.21 Å². The Bertz CT molecular complexity index is 763. The SMILES string of the molecule is C=C(C)C[As+](c1ccccc1)(c1ccccc1)c1ccccc1.F[B-](F)(F)F. The summed E-state index contributed by atoms with van der Waals surface area (Å²) in [6.07, 6.45) is 0. The summed E-state index contributed by atoms with van der Waals surface area (Å²) in [6.45, 7) is 6.42. The summed E-state index contributed by atoms with van der Waals surface area (Å²) in [5.41, 5.74) is 1.26. The molecule has 6 heteroatoms. The van der Waals surface area contributed by atoms with Crippen LogP contribution in [0.15, 0.2) is 103 Å². The van der Waals surface area contributed by atoms with Gasteiger partial charge in [-0.1, -0.05) is 0 Å². The van der Waals surface area contributed by atoms with Crippen LogP contribution in [0.25, 0.3) is 0 Å². The van der Waals surface area contributed by atoms with Crippen molar-refractivity contribution in [2.75, 3.05) is 0 Å². The average Bonchev–Trinajstić information content (AvgIpc) is 2.67. The second kappa shape index (κ2) is 9.79. The molecule has 146 valence electrons. The summed E-state index contributed by atoms with van der Waals surface area (Å²) in [7, 11) is -6.00. The topological polar surface area (TPSA) is 0 Å². The summed E-state index contributed by atoms with van der Waals surface area (Å²) < 4.78 is 43.4. The Kier molecular flexibility index (Phi) is 7.71. The predicted octanol–water partition coefficient (Wildman–Crippen LogP) is 5.03. The van der Waals surface area contributed by atoms with Gasteiger partial charge in [0.15, 0.2) is 0 Å². The molecule has 0 heterocycles. The van der Waals surface area contributed by atoms with Gasteiger partial charge in [0.2, 0.25) is 0 Å². The maximum absolute atomic E-state index is 9.75. The molecule has 3 rings (SSSR count). The van der Waals surface area contributed by atoms with E-state index in [0.29, 0.717) is 0 Å². The predicted molar refractivity (Wildman–Crippen MR) is 114 cm³/mol. The molecule has 3 aromatic rings. The van der Waals surface area contributed by atoms with Gasteiger partial charge in [0.1, 0.15) is 0 Å². The molecule has 0 radical (unpaired) electrons. The van der Waals surface area contributed by atoms with Crippen LogP contribution in [0, 0.1) is 0 Å². The molecule has 0 saturated heterocycles. The standard InChI is InChI=1S/C22H22As.BF4/c1-19(2)18-23(20-12-6-3-7-13-20,21-14-8-4-9-15-21)22-16-10-5-11-17-22;2-1(3,4)5/h3-17H,1,18H2,2H3;/q+1;-1. The summed E-state index contributed by atoms with van der Waals surface area (Å²) in [5, 5.41) is 1.07. The van der Waals surface area contributed by atoms with Gasteiger partial charge in [-0.25, -0.2) is 0 Å². The van der Waals surface area contributed by atoms with Crippen molar-refractivity contribution in [3.05, 3.63) is 103 Å². The van der Waals surface area contributed by atoms with Crippen molar-refractivity contribution in [1.82, 2.24) is 0 Å². The van der Waals surface area contributed by atoms with Crippen LogP contribution >= 0.6 is 0 Å². The second-order valence-corrected chi connectivity index (χ2v) is 13.7. The minimum atomic E-state index is -6.00. The van der Waals surface area contributed by atoms with E-state index in [4.69, 9.17) is 0 Å². The van der Waals surface area contributed by atoms with Crippen LogP contribution in [0.4, 0.5) is 17.3 Å². The van der Waals surface area contributed by atoms with Gasteiger partial charge in [0, 0.05) is 0 Å². The first-order valence-corrected chi connectivity index (χ1v) is 12.9. The van der Waals surface area contributed by atoms with Crippen molar-refractivity contribution in [1.29, 1.82) is 0 Å². The molecule has 0 aliphatic carbocycles. The molecule has 28 heavy (non-hydrogen) atoms. The van der Waals surface area contributed by atoms with Gasteiger partial charge >= 0.3 is 149 Å². The quantitative estimate of drug-likeness (QED) is 0.292. The number of benzene rings is 3. The fraction of sp³-hybridized carbons (Fsp3) is 0.0909. The van der Waals surface area contributed by atoms with Crippen molar-refractivity contribution in [2.24, 2.45) is 0 Å². The molecule has 0 spiro atoms. The van der Waals surface area contributed by atoms with E-state index in [1.165, 1.54) is 18.6 Å². The Balaban J connectivity index is 0.000000500. The van der Waals surface area contributed by atoms with Crippen molar-refractivity contribution >= 4 is 33.9 Å². The molecule has 0 aromatic heterocycles.